The van der Waals surface area contributed by atoms with Gasteiger partial charge in [-0.3, -0.25) is 0 Å². The van der Waals surface area contributed by atoms with Crippen molar-refractivity contribution in [2.24, 2.45) is 0 Å². The van der Waals surface area contributed by atoms with Gasteiger partial charge in [0.25, 0.3) is 0 Å². The van der Waals surface area contributed by atoms with Crippen molar-refractivity contribution < 1.29 is 16.8 Å². The van der Waals surface area contributed by atoms with Gasteiger partial charge in [0.05, 0.1) is 10.0 Å². The second-order valence-corrected chi connectivity index (χ2v) is 11.9. The fourth-order valence-corrected chi connectivity index (χ4v) is 7.70. The molecular formula is C17H16Cl4N2O4S2. The first kappa shape index (κ1) is 23.1. The van der Waals surface area contributed by atoms with Crippen LogP contribution >= 0.6 is 46.4 Å². The summed E-state index contributed by atoms with van der Waals surface area (Å²) in [5.41, 5.74) is 0. The van der Waals surface area contributed by atoms with Gasteiger partial charge in [-0.05, 0) is 43.3 Å². The molecule has 6 nitrogen and oxygen atoms in total. The second kappa shape index (κ2) is 8.51. The first-order chi connectivity index (χ1) is 13.4. The molecule has 1 aliphatic rings. The molecule has 3 rings (SSSR count). The highest BCUT2D eigenvalue weighted by atomic mass is 35.5. The summed E-state index contributed by atoms with van der Waals surface area (Å²) in [5.74, 6) is 0. The van der Waals surface area contributed by atoms with E-state index in [4.69, 9.17) is 46.4 Å². The summed E-state index contributed by atoms with van der Waals surface area (Å²) in [5, 5.41) is 0.556. The molecule has 1 saturated heterocycles. The Morgan fingerprint density at radius 2 is 1.28 bits per heavy atom. The molecule has 158 valence electrons. The molecule has 29 heavy (non-hydrogen) atoms. The first-order valence-corrected chi connectivity index (χ1v) is 12.8. The van der Waals surface area contributed by atoms with Crippen molar-refractivity contribution in [1.82, 2.24) is 8.61 Å². The van der Waals surface area contributed by atoms with E-state index < -0.39 is 26.1 Å². The monoisotopic (exact) mass is 516 g/mol. The summed E-state index contributed by atoms with van der Waals surface area (Å²) in [4.78, 5) is -0.235. The van der Waals surface area contributed by atoms with Gasteiger partial charge in [0, 0.05) is 35.7 Å². The quantitative estimate of drug-likeness (QED) is 0.603. The molecule has 1 fully saturated rings. The Labute approximate surface area is 190 Å². The van der Waals surface area contributed by atoms with Crippen LogP contribution in [0, 0.1) is 0 Å². The molecule has 0 bridgehead atoms. The second-order valence-electron chi connectivity index (χ2n) is 6.48. The molecule has 1 heterocycles. The molecule has 1 atom stereocenters. The van der Waals surface area contributed by atoms with Crippen LogP contribution in [0.3, 0.4) is 0 Å². The minimum atomic E-state index is -3.96. The van der Waals surface area contributed by atoms with E-state index in [1.54, 1.807) is 6.92 Å². The van der Waals surface area contributed by atoms with E-state index in [0.29, 0.717) is 0 Å². The SMILES string of the molecule is C[C@@H]1CN(S(=O)(=O)c2cc(Cl)ccc2Cl)CCN1S(=O)(=O)c1cc(Cl)ccc1Cl. The van der Waals surface area contributed by atoms with E-state index in [1.165, 1.54) is 45.0 Å². The molecule has 0 saturated carbocycles. The lowest BCUT2D eigenvalue weighted by Crippen LogP contribution is -2.55. The van der Waals surface area contributed by atoms with Crippen molar-refractivity contribution >= 4 is 66.5 Å². The highest BCUT2D eigenvalue weighted by molar-refractivity contribution is 7.89. The van der Waals surface area contributed by atoms with Crippen LogP contribution in [0.4, 0.5) is 0 Å². The van der Waals surface area contributed by atoms with Gasteiger partial charge in [0.15, 0.2) is 0 Å². The predicted octanol–water partition coefficient (Wildman–Crippen LogP) is 4.38. The molecule has 0 unspecified atom stereocenters. The fourth-order valence-electron chi connectivity index (χ4n) is 3.10. The minimum absolute atomic E-state index is 0.0439. The van der Waals surface area contributed by atoms with Crippen LogP contribution in [0.2, 0.25) is 20.1 Å². The van der Waals surface area contributed by atoms with Gasteiger partial charge in [0.2, 0.25) is 20.0 Å². The summed E-state index contributed by atoms with van der Waals surface area (Å²) in [6.45, 7) is 1.47. The number of nitrogens with zero attached hydrogens (tertiary/aromatic N) is 2. The zero-order valence-corrected chi connectivity index (χ0v) is 19.7. The van der Waals surface area contributed by atoms with Gasteiger partial charge in [-0.2, -0.15) is 8.61 Å². The molecular weight excluding hydrogens is 502 g/mol. The maximum Gasteiger partial charge on any atom is 0.244 e. The smallest absolute Gasteiger partial charge is 0.207 e. The van der Waals surface area contributed by atoms with Crippen LogP contribution < -0.4 is 0 Å². The normalized spacial score (nSPS) is 19.4. The molecule has 12 heteroatoms. The lowest BCUT2D eigenvalue weighted by Gasteiger charge is -2.38. The van der Waals surface area contributed by atoms with Crippen LogP contribution in [-0.4, -0.2) is 51.1 Å². The van der Waals surface area contributed by atoms with E-state index in [0.717, 1.165) is 0 Å². The highest BCUT2D eigenvalue weighted by Crippen LogP contribution is 2.32. The zero-order valence-electron chi connectivity index (χ0n) is 15.0. The Hall–Kier alpha value is -0.580. The minimum Gasteiger partial charge on any atom is -0.207 e. The van der Waals surface area contributed by atoms with E-state index in [2.05, 4.69) is 0 Å². The topological polar surface area (TPSA) is 74.8 Å². The number of rotatable bonds is 4. The largest absolute Gasteiger partial charge is 0.244 e. The molecule has 0 N–H and O–H groups in total. The lowest BCUT2D eigenvalue weighted by atomic mass is 10.3. The van der Waals surface area contributed by atoms with Crippen LogP contribution in [0.5, 0.6) is 0 Å². The van der Waals surface area contributed by atoms with Gasteiger partial charge < -0.3 is 0 Å². The fraction of sp³-hybridized carbons (Fsp3) is 0.294. The van der Waals surface area contributed by atoms with Gasteiger partial charge in [-0.1, -0.05) is 46.4 Å². The Morgan fingerprint density at radius 1 is 0.793 bits per heavy atom. The number of hydrogen-bond acceptors (Lipinski definition) is 4. The number of sulfonamides is 2. The van der Waals surface area contributed by atoms with Gasteiger partial charge >= 0.3 is 0 Å². The molecule has 2 aromatic carbocycles. The van der Waals surface area contributed by atoms with Crippen molar-refractivity contribution in [3.63, 3.8) is 0 Å². The van der Waals surface area contributed by atoms with E-state index in [1.807, 2.05) is 0 Å². The number of benzene rings is 2. The van der Waals surface area contributed by atoms with Crippen LogP contribution in [-0.2, 0) is 20.0 Å². The molecule has 0 amide bonds. The lowest BCUT2D eigenvalue weighted by molar-refractivity contribution is 0.212. The molecule has 0 aromatic heterocycles. The molecule has 1 aliphatic heterocycles. The average molecular weight is 518 g/mol. The number of halogens is 4. The Morgan fingerprint density at radius 3 is 1.76 bits per heavy atom. The van der Waals surface area contributed by atoms with Crippen LogP contribution in [0.1, 0.15) is 6.92 Å². The zero-order chi connectivity index (χ0) is 21.6. The van der Waals surface area contributed by atoms with Crippen LogP contribution in [0.25, 0.3) is 0 Å². The van der Waals surface area contributed by atoms with Crippen LogP contribution in [0.15, 0.2) is 46.2 Å². The summed E-state index contributed by atoms with van der Waals surface area (Å²) in [6.07, 6.45) is 0. The third-order valence-corrected chi connectivity index (χ3v) is 9.83. The third kappa shape index (κ3) is 4.55. The van der Waals surface area contributed by atoms with Crippen molar-refractivity contribution in [2.45, 2.75) is 22.8 Å². The molecule has 2 aromatic rings. The Bertz CT molecular complexity index is 1160. The van der Waals surface area contributed by atoms with Crippen molar-refractivity contribution in [3.8, 4) is 0 Å². The standard InChI is InChI=1S/C17H16Cl4N2O4S2/c1-11-10-22(28(24,25)16-8-12(18)2-4-14(16)20)6-7-23(11)29(26,27)17-9-13(19)3-5-15(17)21/h2-5,8-9,11H,6-7,10H2,1H3/t11-/m1/s1. The molecule has 0 radical (unpaired) electrons. The average Bonchev–Trinajstić information content (AvgIpc) is 2.65. The predicted molar refractivity (Wildman–Crippen MR) is 115 cm³/mol. The van der Waals surface area contributed by atoms with E-state index >= 15 is 0 Å². The van der Waals surface area contributed by atoms with Gasteiger partial charge in [-0.25, -0.2) is 16.8 Å². The summed E-state index contributed by atoms with van der Waals surface area (Å²) >= 11 is 24.0. The van der Waals surface area contributed by atoms with E-state index in [-0.39, 0.29) is 49.5 Å². The maximum atomic E-state index is 13.1. The maximum absolute atomic E-state index is 13.1. The number of piperazine rings is 1. The summed E-state index contributed by atoms with van der Waals surface area (Å²) in [7, 11) is -7.91. The van der Waals surface area contributed by atoms with E-state index in [9.17, 15) is 16.8 Å². The third-order valence-electron chi connectivity index (χ3n) is 4.52. The number of hydrogen-bond donors (Lipinski definition) is 0. The van der Waals surface area contributed by atoms with Crippen molar-refractivity contribution in [2.75, 3.05) is 19.6 Å². The first-order valence-electron chi connectivity index (χ1n) is 8.36. The van der Waals surface area contributed by atoms with Crippen molar-refractivity contribution in [3.05, 3.63) is 56.5 Å². The highest BCUT2D eigenvalue weighted by Gasteiger charge is 2.39. The van der Waals surface area contributed by atoms with Crippen molar-refractivity contribution in [1.29, 1.82) is 0 Å². The van der Waals surface area contributed by atoms with Gasteiger partial charge in [-0.15, -0.1) is 0 Å². The summed E-state index contributed by atoms with van der Waals surface area (Å²) < 4.78 is 54.6. The molecule has 0 spiro atoms. The summed E-state index contributed by atoms with van der Waals surface area (Å²) in [6, 6.07) is 7.71. The molecule has 0 aliphatic carbocycles. The van der Waals surface area contributed by atoms with Gasteiger partial charge in [0.1, 0.15) is 9.79 Å². The Balaban J connectivity index is 1.89. The Kier molecular flexibility index (Phi) is 6.78.